The average Bonchev–Trinajstić information content (AvgIpc) is 2.42. The van der Waals surface area contributed by atoms with Crippen molar-refractivity contribution < 1.29 is 4.79 Å². The summed E-state index contributed by atoms with van der Waals surface area (Å²) in [6.07, 6.45) is 1.31. The van der Waals surface area contributed by atoms with Crippen LogP contribution in [0.3, 0.4) is 0 Å². The molecule has 0 aliphatic heterocycles. The molecule has 0 atom stereocenters. The molecule has 1 amide bonds. The summed E-state index contributed by atoms with van der Waals surface area (Å²) < 4.78 is 0. The minimum atomic E-state index is -0.0526. The summed E-state index contributed by atoms with van der Waals surface area (Å²) in [6.45, 7) is 4.30. The van der Waals surface area contributed by atoms with E-state index in [1.54, 1.807) is 0 Å². The fourth-order valence-corrected chi connectivity index (χ4v) is 1.97. The predicted molar refractivity (Wildman–Crippen MR) is 79.7 cm³/mol. The van der Waals surface area contributed by atoms with E-state index in [-0.39, 0.29) is 5.91 Å². The monoisotopic (exact) mass is 274 g/mol. The van der Waals surface area contributed by atoms with Crippen molar-refractivity contribution in [3.63, 3.8) is 0 Å². The van der Waals surface area contributed by atoms with E-state index in [0.717, 1.165) is 24.2 Å². The summed E-state index contributed by atoms with van der Waals surface area (Å²) in [7, 11) is 0. The van der Waals surface area contributed by atoms with Crippen LogP contribution in [0, 0.1) is 11.3 Å². The summed E-state index contributed by atoms with van der Waals surface area (Å²) in [6, 6.07) is 9.70. The van der Waals surface area contributed by atoms with E-state index >= 15 is 0 Å². The van der Waals surface area contributed by atoms with Crippen LogP contribution >= 0.6 is 0 Å². The van der Waals surface area contributed by atoms with Crippen molar-refractivity contribution in [2.75, 3.05) is 25.4 Å². The highest BCUT2D eigenvalue weighted by Gasteiger charge is 2.11. The number of hydrogen-bond acceptors (Lipinski definition) is 4. The molecule has 0 aliphatic rings. The van der Waals surface area contributed by atoms with Crippen molar-refractivity contribution in [1.82, 2.24) is 10.2 Å². The Morgan fingerprint density at radius 2 is 2.20 bits per heavy atom. The van der Waals surface area contributed by atoms with E-state index in [9.17, 15) is 4.79 Å². The van der Waals surface area contributed by atoms with Gasteiger partial charge in [-0.1, -0.05) is 25.1 Å². The molecule has 0 unspecified atom stereocenters. The molecule has 3 N–H and O–H groups in total. The van der Waals surface area contributed by atoms with Gasteiger partial charge in [0.1, 0.15) is 0 Å². The molecule has 1 aromatic rings. The number of nitrogens with zero attached hydrogens (tertiary/aromatic N) is 2. The van der Waals surface area contributed by atoms with E-state index < -0.39 is 0 Å². The zero-order chi connectivity index (χ0) is 14.8. The lowest BCUT2D eigenvalue weighted by molar-refractivity contribution is -0.122. The molecule has 1 aromatic carbocycles. The highest BCUT2D eigenvalue weighted by atomic mass is 16.2. The molecule has 0 heterocycles. The molecule has 0 aromatic heterocycles. The molecule has 0 fully saturated rings. The maximum Gasteiger partial charge on any atom is 0.234 e. The first-order valence-corrected chi connectivity index (χ1v) is 6.86. The van der Waals surface area contributed by atoms with Crippen LogP contribution in [-0.2, 0) is 11.3 Å². The Hall–Kier alpha value is -2.06. The number of benzene rings is 1. The first-order valence-electron chi connectivity index (χ1n) is 6.86. The number of carbonyl (C=O) groups is 1. The number of amides is 1. The van der Waals surface area contributed by atoms with Gasteiger partial charge in [-0.2, -0.15) is 5.26 Å². The highest BCUT2D eigenvalue weighted by Crippen LogP contribution is 2.13. The van der Waals surface area contributed by atoms with Crippen LogP contribution < -0.4 is 11.1 Å². The first-order chi connectivity index (χ1) is 9.67. The average molecular weight is 274 g/mol. The van der Waals surface area contributed by atoms with E-state index in [0.29, 0.717) is 26.1 Å². The number of nitrogens with one attached hydrogen (secondary N) is 1. The molecule has 1 rings (SSSR count). The predicted octanol–water partition coefficient (Wildman–Crippen LogP) is 1.51. The number of nitrogen functional groups attached to an aromatic ring is 1. The zero-order valence-corrected chi connectivity index (χ0v) is 11.9. The Balaban J connectivity index is 2.54. The van der Waals surface area contributed by atoms with Gasteiger partial charge >= 0.3 is 0 Å². The lowest BCUT2D eigenvalue weighted by atomic mass is 10.1. The Morgan fingerprint density at radius 3 is 2.85 bits per heavy atom. The number of carbonyl (C=O) groups excluding carboxylic acids is 1. The van der Waals surface area contributed by atoms with E-state index in [1.807, 2.05) is 30.3 Å². The molecule has 0 radical (unpaired) electrons. The third kappa shape index (κ3) is 5.72. The SMILES string of the molecule is CCCN(CC(=O)NCCC#N)Cc1ccccc1N. The summed E-state index contributed by atoms with van der Waals surface area (Å²) in [4.78, 5) is 13.8. The van der Waals surface area contributed by atoms with E-state index in [1.165, 1.54) is 0 Å². The maximum absolute atomic E-state index is 11.8. The number of rotatable bonds is 8. The molecular weight excluding hydrogens is 252 g/mol. The van der Waals surface area contributed by atoms with Crippen molar-refractivity contribution in [1.29, 1.82) is 5.26 Å². The number of anilines is 1. The van der Waals surface area contributed by atoms with Gasteiger partial charge in [-0.25, -0.2) is 0 Å². The van der Waals surface area contributed by atoms with Gasteiger partial charge in [0.15, 0.2) is 0 Å². The number of hydrogen-bond donors (Lipinski definition) is 2. The smallest absolute Gasteiger partial charge is 0.234 e. The van der Waals surface area contributed by atoms with Gasteiger partial charge in [0.25, 0.3) is 0 Å². The van der Waals surface area contributed by atoms with Crippen molar-refractivity contribution in [3.8, 4) is 6.07 Å². The molecule has 5 nitrogen and oxygen atoms in total. The van der Waals surface area contributed by atoms with Crippen LogP contribution in [-0.4, -0.2) is 30.4 Å². The standard InChI is InChI=1S/C15H22N4O/c1-2-10-19(12-15(20)18-9-5-8-16)11-13-6-3-4-7-14(13)17/h3-4,6-7H,2,5,9-12,17H2,1H3,(H,18,20). The van der Waals surface area contributed by atoms with Crippen LogP contribution in [0.2, 0.25) is 0 Å². The molecule has 108 valence electrons. The second-order valence-electron chi connectivity index (χ2n) is 4.67. The summed E-state index contributed by atoms with van der Waals surface area (Å²) in [5.74, 6) is -0.0526. The third-order valence-electron chi connectivity index (χ3n) is 2.92. The molecule has 0 saturated heterocycles. The van der Waals surface area contributed by atoms with Gasteiger partial charge in [-0.3, -0.25) is 9.69 Å². The van der Waals surface area contributed by atoms with Crippen LogP contribution in [0.25, 0.3) is 0 Å². The Morgan fingerprint density at radius 1 is 1.45 bits per heavy atom. The summed E-state index contributed by atoms with van der Waals surface area (Å²) in [5.41, 5.74) is 7.71. The fraction of sp³-hybridized carbons (Fsp3) is 0.467. The van der Waals surface area contributed by atoms with Crippen LogP contribution in [0.1, 0.15) is 25.3 Å². The third-order valence-corrected chi connectivity index (χ3v) is 2.92. The highest BCUT2D eigenvalue weighted by molar-refractivity contribution is 5.78. The van der Waals surface area contributed by atoms with E-state index in [4.69, 9.17) is 11.0 Å². The molecular formula is C15H22N4O. The number of nitriles is 1. The number of nitrogens with two attached hydrogens (primary N) is 1. The largest absolute Gasteiger partial charge is 0.398 e. The molecule has 0 spiro atoms. The van der Waals surface area contributed by atoms with Gasteiger partial charge in [0, 0.05) is 18.8 Å². The van der Waals surface area contributed by atoms with Crippen LogP contribution in [0.4, 0.5) is 5.69 Å². The zero-order valence-electron chi connectivity index (χ0n) is 11.9. The summed E-state index contributed by atoms with van der Waals surface area (Å²) in [5, 5.41) is 11.2. The quantitative estimate of drug-likeness (QED) is 0.556. The minimum absolute atomic E-state index is 0.0526. The van der Waals surface area contributed by atoms with Crippen molar-refractivity contribution in [3.05, 3.63) is 29.8 Å². The van der Waals surface area contributed by atoms with Crippen LogP contribution in [0.5, 0.6) is 0 Å². The van der Waals surface area contributed by atoms with Crippen LogP contribution in [0.15, 0.2) is 24.3 Å². The van der Waals surface area contributed by atoms with Gasteiger partial charge in [0.2, 0.25) is 5.91 Å². The van der Waals surface area contributed by atoms with Crippen molar-refractivity contribution in [2.45, 2.75) is 26.3 Å². The minimum Gasteiger partial charge on any atom is -0.398 e. The maximum atomic E-state index is 11.8. The second-order valence-corrected chi connectivity index (χ2v) is 4.67. The number of para-hydroxylation sites is 1. The Bertz CT molecular complexity index is 467. The molecule has 20 heavy (non-hydrogen) atoms. The Kier molecular flexibility index (Phi) is 7.15. The van der Waals surface area contributed by atoms with Crippen molar-refractivity contribution in [2.24, 2.45) is 0 Å². The molecule has 0 bridgehead atoms. The van der Waals surface area contributed by atoms with Gasteiger partial charge in [-0.05, 0) is 24.6 Å². The lowest BCUT2D eigenvalue weighted by Crippen LogP contribution is -2.37. The second kappa shape index (κ2) is 8.94. The van der Waals surface area contributed by atoms with Crippen molar-refractivity contribution >= 4 is 11.6 Å². The molecule has 5 heteroatoms. The summed E-state index contributed by atoms with van der Waals surface area (Å²) >= 11 is 0. The topological polar surface area (TPSA) is 82.2 Å². The molecule has 0 saturated carbocycles. The van der Waals surface area contributed by atoms with Gasteiger partial charge in [-0.15, -0.1) is 0 Å². The van der Waals surface area contributed by atoms with E-state index in [2.05, 4.69) is 17.1 Å². The van der Waals surface area contributed by atoms with Gasteiger partial charge < -0.3 is 11.1 Å². The lowest BCUT2D eigenvalue weighted by Gasteiger charge is -2.21. The Labute approximate surface area is 120 Å². The normalized spacial score (nSPS) is 10.2. The first kappa shape index (κ1) is 16.0. The van der Waals surface area contributed by atoms with Gasteiger partial charge in [0.05, 0.1) is 19.0 Å². The fourth-order valence-electron chi connectivity index (χ4n) is 1.97. The molecule has 0 aliphatic carbocycles.